The fourth-order valence-electron chi connectivity index (χ4n) is 4.79. The molecule has 0 N–H and O–H groups in total. The van der Waals surface area contributed by atoms with Gasteiger partial charge in [-0.1, -0.05) is 37.5 Å². The lowest BCUT2D eigenvalue weighted by molar-refractivity contribution is 0.0523. The summed E-state index contributed by atoms with van der Waals surface area (Å²) in [5.74, 6) is -1.14. The Morgan fingerprint density at radius 1 is 1.08 bits per heavy atom. The number of aromatic nitrogens is 3. The molecule has 3 aromatic heterocycles. The van der Waals surface area contributed by atoms with Gasteiger partial charge in [0.05, 0.1) is 17.6 Å². The average molecular weight is 549 g/mol. The minimum Gasteiger partial charge on any atom is -0.462 e. The van der Waals surface area contributed by atoms with Gasteiger partial charge in [-0.15, -0.1) is 0 Å². The first kappa shape index (κ1) is 24.1. The monoisotopic (exact) mass is 548 g/mol. The molecular formula is C27H25BrN4O4. The Morgan fingerprint density at radius 3 is 2.58 bits per heavy atom. The van der Waals surface area contributed by atoms with Crippen LogP contribution >= 0.6 is 15.9 Å². The van der Waals surface area contributed by atoms with Crippen LogP contribution in [0, 0.1) is 0 Å². The number of rotatable bonds is 4. The molecular weight excluding hydrogens is 524 g/mol. The second kappa shape index (κ2) is 10.2. The maximum atomic E-state index is 13.5. The molecule has 0 saturated heterocycles. The van der Waals surface area contributed by atoms with Gasteiger partial charge in [-0.05, 0) is 66.0 Å². The van der Waals surface area contributed by atoms with E-state index in [1.807, 2.05) is 16.7 Å². The fraction of sp³-hybridized carbons (Fsp3) is 0.296. The van der Waals surface area contributed by atoms with E-state index in [1.165, 1.54) is 10.5 Å². The van der Waals surface area contributed by atoms with E-state index in [1.54, 1.807) is 43.5 Å². The van der Waals surface area contributed by atoms with E-state index in [2.05, 4.69) is 20.9 Å². The van der Waals surface area contributed by atoms with Gasteiger partial charge in [-0.3, -0.25) is 14.0 Å². The lowest BCUT2D eigenvalue weighted by Gasteiger charge is -2.27. The van der Waals surface area contributed by atoms with Crippen molar-refractivity contribution >= 4 is 44.5 Å². The molecule has 0 bridgehead atoms. The number of halogens is 1. The van der Waals surface area contributed by atoms with Gasteiger partial charge >= 0.3 is 5.97 Å². The molecule has 4 aromatic rings. The molecule has 1 fully saturated rings. The third-order valence-corrected chi connectivity index (χ3v) is 7.17. The van der Waals surface area contributed by atoms with E-state index in [9.17, 15) is 14.4 Å². The van der Waals surface area contributed by atoms with E-state index < -0.39 is 11.9 Å². The molecule has 0 atom stereocenters. The molecule has 0 spiro atoms. The zero-order valence-corrected chi connectivity index (χ0v) is 21.4. The predicted octanol–water partition coefficient (Wildman–Crippen LogP) is 4.83. The summed E-state index contributed by atoms with van der Waals surface area (Å²) in [6.45, 7) is 1.86. The Balaban J connectivity index is 1.91. The summed E-state index contributed by atoms with van der Waals surface area (Å²) >= 11 is 3.42. The maximum absolute atomic E-state index is 13.5. The molecule has 1 saturated carbocycles. The number of carbonyl (C=O) groups excluding carboxylic acids is 2. The molecule has 1 amide bonds. The van der Waals surface area contributed by atoms with Crippen molar-refractivity contribution < 1.29 is 14.3 Å². The topological polar surface area (TPSA) is 95.0 Å². The average Bonchev–Trinajstić information content (AvgIpc) is 2.89. The summed E-state index contributed by atoms with van der Waals surface area (Å²) < 4.78 is 9.21. The quantitative estimate of drug-likeness (QED) is 0.268. The van der Waals surface area contributed by atoms with E-state index in [0.29, 0.717) is 21.3 Å². The Kier molecular flexibility index (Phi) is 6.82. The normalized spacial score (nSPS) is 14.9. The number of nitrogens with zero attached hydrogens (tertiary/aromatic N) is 4. The van der Waals surface area contributed by atoms with Gasteiger partial charge in [-0.2, -0.15) is 4.99 Å². The number of hydrogen-bond acceptors (Lipinski definition) is 5. The molecule has 8 nitrogen and oxygen atoms in total. The second-order valence-corrected chi connectivity index (χ2v) is 9.60. The number of pyridine rings is 2. The number of esters is 1. The molecule has 184 valence electrons. The van der Waals surface area contributed by atoms with Crippen molar-refractivity contribution in [1.29, 1.82) is 0 Å². The van der Waals surface area contributed by atoms with Crippen molar-refractivity contribution in [2.75, 3.05) is 6.61 Å². The van der Waals surface area contributed by atoms with Gasteiger partial charge in [0.15, 0.2) is 5.49 Å². The van der Waals surface area contributed by atoms with Crippen LogP contribution in [-0.2, 0) is 4.74 Å². The van der Waals surface area contributed by atoms with Crippen LogP contribution in [-0.4, -0.2) is 32.4 Å². The lowest BCUT2D eigenvalue weighted by Crippen LogP contribution is -2.35. The highest BCUT2D eigenvalue weighted by Gasteiger charge is 2.25. The van der Waals surface area contributed by atoms with Crippen LogP contribution in [0.15, 0.2) is 69.0 Å². The molecule has 0 radical (unpaired) electrons. The Labute approximate surface area is 215 Å². The van der Waals surface area contributed by atoms with E-state index in [4.69, 9.17) is 9.72 Å². The smallest absolute Gasteiger partial charge is 0.341 e. The number of ether oxygens (including phenoxy) is 1. The van der Waals surface area contributed by atoms with Crippen LogP contribution in [0.2, 0.25) is 0 Å². The standard InChI is InChI=1S/C27H25BrN4O4/c1-2-36-27(35)20-16-19-23(29-22-14-8-9-15-31(22)26(19)34)32(17-10-4-3-5-11-17)24(20)30-25(33)18-12-6-7-13-21(18)28/h6-9,12-17H,2-5,10-11H2,1H3. The van der Waals surface area contributed by atoms with Gasteiger partial charge in [-0.25, -0.2) is 9.78 Å². The summed E-state index contributed by atoms with van der Waals surface area (Å²) in [4.78, 5) is 49.3. The Bertz CT molecular complexity index is 1620. The van der Waals surface area contributed by atoms with Crippen molar-refractivity contribution in [3.63, 3.8) is 0 Å². The minimum absolute atomic E-state index is 0.0700. The zero-order chi connectivity index (χ0) is 25.2. The zero-order valence-electron chi connectivity index (χ0n) is 19.8. The largest absolute Gasteiger partial charge is 0.462 e. The molecule has 0 aliphatic heterocycles. The van der Waals surface area contributed by atoms with Crippen LogP contribution in [0.3, 0.4) is 0 Å². The van der Waals surface area contributed by atoms with Gasteiger partial charge in [0.25, 0.3) is 11.5 Å². The maximum Gasteiger partial charge on any atom is 0.341 e. The Hall–Kier alpha value is -3.59. The highest BCUT2D eigenvalue weighted by atomic mass is 79.9. The number of fused-ring (bicyclic) bond motifs is 2. The SMILES string of the molecule is CCOC(=O)c1cc2c(=O)n3ccccc3nc2n(C2CCCCC2)c1=NC(=O)c1ccccc1Br. The molecule has 9 heteroatoms. The van der Waals surface area contributed by atoms with E-state index in [-0.39, 0.29) is 34.6 Å². The molecule has 0 unspecified atom stereocenters. The summed E-state index contributed by atoms with van der Waals surface area (Å²) in [6.07, 6.45) is 6.39. The lowest BCUT2D eigenvalue weighted by atomic mass is 9.94. The molecule has 1 aliphatic rings. The minimum atomic E-state index is -0.639. The van der Waals surface area contributed by atoms with Crippen LogP contribution < -0.4 is 11.0 Å². The third kappa shape index (κ3) is 4.39. The van der Waals surface area contributed by atoms with E-state index in [0.717, 1.165) is 32.1 Å². The first-order chi connectivity index (χ1) is 17.5. The van der Waals surface area contributed by atoms with Crippen molar-refractivity contribution in [3.05, 3.63) is 86.2 Å². The molecule has 36 heavy (non-hydrogen) atoms. The predicted molar refractivity (Wildman–Crippen MR) is 139 cm³/mol. The van der Waals surface area contributed by atoms with Crippen LogP contribution in [0.5, 0.6) is 0 Å². The van der Waals surface area contributed by atoms with Crippen molar-refractivity contribution in [3.8, 4) is 0 Å². The second-order valence-electron chi connectivity index (χ2n) is 8.74. The summed E-state index contributed by atoms with van der Waals surface area (Å²) in [5.41, 5.74) is 1.20. The fourth-order valence-corrected chi connectivity index (χ4v) is 5.24. The Morgan fingerprint density at radius 2 is 1.83 bits per heavy atom. The van der Waals surface area contributed by atoms with Crippen LogP contribution in [0.25, 0.3) is 16.7 Å². The van der Waals surface area contributed by atoms with Gasteiger partial charge in [0.1, 0.15) is 16.9 Å². The number of benzene rings is 1. The van der Waals surface area contributed by atoms with Gasteiger partial charge in [0, 0.05) is 16.7 Å². The molecule has 5 rings (SSSR count). The van der Waals surface area contributed by atoms with Crippen LogP contribution in [0.1, 0.15) is 65.8 Å². The third-order valence-electron chi connectivity index (χ3n) is 6.48. The van der Waals surface area contributed by atoms with Crippen molar-refractivity contribution in [2.24, 2.45) is 4.99 Å². The van der Waals surface area contributed by atoms with Crippen LogP contribution in [0.4, 0.5) is 0 Å². The molecule has 3 heterocycles. The summed E-state index contributed by atoms with van der Waals surface area (Å²) in [7, 11) is 0. The summed E-state index contributed by atoms with van der Waals surface area (Å²) in [5, 5.41) is 0.277. The van der Waals surface area contributed by atoms with Crippen molar-refractivity contribution in [1.82, 2.24) is 14.0 Å². The number of hydrogen-bond donors (Lipinski definition) is 0. The van der Waals surface area contributed by atoms with Crippen molar-refractivity contribution in [2.45, 2.75) is 45.1 Å². The number of carbonyl (C=O) groups is 2. The molecule has 1 aromatic carbocycles. The van der Waals surface area contributed by atoms with Gasteiger partial charge in [0.2, 0.25) is 0 Å². The van der Waals surface area contributed by atoms with E-state index >= 15 is 0 Å². The van der Waals surface area contributed by atoms with Gasteiger partial charge < -0.3 is 9.30 Å². The highest BCUT2D eigenvalue weighted by molar-refractivity contribution is 9.10. The highest BCUT2D eigenvalue weighted by Crippen LogP contribution is 2.29. The number of amides is 1. The first-order valence-corrected chi connectivity index (χ1v) is 12.9. The summed E-state index contributed by atoms with van der Waals surface area (Å²) in [6, 6.07) is 13.7. The molecule has 1 aliphatic carbocycles. The first-order valence-electron chi connectivity index (χ1n) is 12.1.